The van der Waals surface area contributed by atoms with Gasteiger partial charge in [-0.1, -0.05) is 24.3 Å². The van der Waals surface area contributed by atoms with Gasteiger partial charge in [-0.05, 0) is 42.0 Å². The molecule has 2 heterocycles. The number of furan rings is 1. The summed E-state index contributed by atoms with van der Waals surface area (Å²) in [6.07, 6.45) is 0.669. The smallest absolute Gasteiger partial charge is 0.220 e. The van der Waals surface area contributed by atoms with E-state index >= 15 is 0 Å². The van der Waals surface area contributed by atoms with Gasteiger partial charge in [0.15, 0.2) is 0 Å². The number of morpholine rings is 1. The molecule has 3 aromatic rings. The molecule has 7 heteroatoms. The van der Waals surface area contributed by atoms with E-state index in [0.29, 0.717) is 43.3 Å². The number of nitrogens with one attached hydrogen (secondary N) is 1. The van der Waals surface area contributed by atoms with Crippen molar-refractivity contribution in [2.75, 3.05) is 32.8 Å². The van der Waals surface area contributed by atoms with Gasteiger partial charge in [0.05, 0.1) is 24.8 Å². The highest BCUT2D eigenvalue weighted by Crippen LogP contribution is 2.25. The quantitative estimate of drug-likeness (QED) is 0.566. The van der Waals surface area contributed by atoms with Crippen LogP contribution in [0.25, 0.3) is 11.3 Å². The van der Waals surface area contributed by atoms with Crippen molar-refractivity contribution in [1.82, 2.24) is 10.2 Å². The minimum absolute atomic E-state index is 0.0558. The van der Waals surface area contributed by atoms with Crippen molar-refractivity contribution in [2.24, 2.45) is 0 Å². The molecular weight excluding hydrogens is 414 g/mol. The molecular formula is C25H26F2N2O3. The fraction of sp³-hybridized carbons (Fsp3) is 0.320. The molecule has 1 aromatic heterocycles. The Morgan fingerprint density at radius 3 is 2.50 bits per heavy atom. The maximum absolute atomic E-state index is 13.9. The van der Waals surface area contributed by atoms with E-state index in [1.165, 1.54) is 18.2 Å². The van der Waals surface area contributed by atoms with Gasteiger partial charge in [-0.2, -0.15) is 0 Å². The first-order valence-electron chi connectivity index (χ1n) is 10.8. The Balaban J connectivity index is 1.33. The number of carbonyl (C=O) groups is 1. The molecule has 168 valence electrons. The third kappa shape index (κ3) is 5.60. The van der Waals surface area contributed by atoms with Gasteiger partial charge < -0.3 is 14.5 Å². The minimum Gasteiger partial charge on any atom is -0.461 e. The lowest BCUT2D eigenvalue weighted by Gasteiger charge is -2.35. The zero-order chi connectivity index (χ0) is 22.3. The van der Waals surface area contributed by atoms with E-state index in [1.807, 2.05) is 0 Å². The maximum Gasteiger partial charge on any atom is 0.220 e. The van der Waals surface area contributed by atoms with Gasteiger partial charge in [-0.15, -0.1) is 0 Å². The minimum atomic E-state index is -0.346. The number of hydrogen-bond acceptors (Lipinski definition) is 4. The van der Waals surface area contributed by atoms with Crippen LogP contribution in [0.4, 0.5) is 8.78 Å². The Kier molecular flexibility index (Phi) is 7.29. The molecule has 1 fully saturated rings. The number of ether oxygens (including phenoxy) is 1. The molecule has 1 N–H and O–H groups in total. The molecule has 2 aromatic carbocycles. The Morgan fingerprint density at radius 1 is 1.00 bits per heavy atom. The van der Waals surface area contributed by atoms with Gasteiger partial charge >= 0.3 is 0 Å². The van der Waals surface area contributed by atoms with Gasteiger partial charge in [0.2, 0.25) is 5.91 Å². The summed E-state index contributed by atoms with van der Waals surface area (Å²) >= 11 is 0. The van der Waals surface area contributed by atoms with Crippen LogP contribution in [-0.4, -0.2) is 43.7 Å². The normalized spacial score (nSPS) is 15.4. The van der Waals surface area contributed by atoms with Crippen LogP contribution in [0.2, 0.25) is 0 Å². The molecule has 0 spiro atoms. The molecule has 1 saturated heterocycles. The van der Waals surface area contributed by atoms with E-state index in [0.717, 1.165) is 18.7 Å². The topological polar surface area (TPSA) is 54.7 Å². The number of benzene rings is 2. The van der Waals surface area contributed by atoms with Crippen molar-refractivity contribution in [3.8, 4) is 11.3 Å². The van der Waals surface area contributed by atoms with Crippen LogP contribution in [0.15, 0.2) is 65.1 Å². The summed E-state index contributed by atoms with van der Waals surface area (Å²) < 4.78 is 38.5. The second-order valence-electron chi connectivity index (χ2n) is 7.77. The van der Waals surface area contributed by atoms with E-state index in [1.54, 1.807) is 42.5 Å². The first kappa shape index (κ1) is 22.2. The zero-order valence-corrected chi connectivity index (χ0v) is 17.7. The number of hydrogen-bond donors (Lipinski definition) is 1. The third-order valence-corrected chi connectivity index (χ3v) is 5.63. The Morgan fingerprint density at radius 2 is 1.75 bits per heavy atom. The van der Waals surface area contributed by atoms with Gasteiger partial charge in [-0.3, -0.25) is 9.69 Å². The molecule has 5 nitrogen and oxygen atoms in total. The van der Waals surface area contributed by atoms with Gasteiger partial charge in [-0.25, -0.2) is 8.78 Å². The monoisotopic (exact) mass is 440 g/mol. The summed E-state index contributed by atoms with van der Waals surface area (Å²) in [7, 11) is 0. The lowest BCUT2D eigenvalue weighted by molar-refractivity contribution is -0.121. The summed E-state index contributed by atoms with van der Waals surface area (Å²) in [4.78, 5) is 14.7. The molecule has 1 atom stereocenters. The molecule has 32 heavy (non-hydrogen) atoms. The van der Waals surface area contributed by atoms with E-state index in [-0.39, 0.29) is 30.0 Å². The van der Waals surface area contributed by atoms with E-state index < -0.39 is 0 Å². The highest BCUT2D eigenvalue weighted by atomic mass is 19.1. The molecule has 1 aliphatic heterocycles. The van der Waals surface area contributed by atoms with E-state index in [9.17, 15) is 13.6 Å². The number of carbonyl (C=O) groups excluding carboxylic acids is 1. The molecule has 1 aliphatic rings. The Labute approximate surface area is 186 Å². The molecule has 4 rings (SSSR count). The fourth-order valence-corrected chi connectivity index (χ4v) is 3.89. The largest absolute Gasteiger partial charge is 0.461 e. The lowest BCUT2D eigenvalue weighted by atomic mass is 10.0. The number of halogens is 2. The summed E-state index contributed by atoms with van der Waals surface area (Å²) in [5.41, 5.74) is 1.35. The summed E-state index contributed by atoms with van der Waals surface area (Å²) in [5.74, 6) is 0.339. The number of aryl methyl sites for hydroxylation is 1. The highest BCUT2D eigenvalue weighted by Gasteiger charge is 2.23. The number of rotatable bonds is 8. The van der Waals surface area contributed by atoms with Gasteiger partial charge in [0.1, 0.15) is 23.2 Å². The fourth-order valence-electron chi connectivity index (χ4n) is 3.89. The average molecular weight is 440 g/mol. The number of nitrogens with zero attached hydrogens (tertiary/aromatic N) is 1. The lowest BCUT2D eigenvalue weighted by Crippen LogP contribution is -2.43. The predicted molar refractivity (Wildman–Crippen MR) is 117 cm³/mol. The second-order valence-corrected chi connectivity index (χ2v) is 7.77. The molecule has 1 amide bonds. The first-order chi connectivity index (χ1) is 15.6. The van der Waals surface area contributed by atoms with E-state index in [4.69, 9.17) is 9.15 Å². The van der Waals surface area contributed by atoms with Crippen LogP contribution in [-0.2, 0) is 16.0 Å². The predicted octanol–water partition coefficient (Wildman–Crippen LogP) is 4.35. The zero-order valence-electron chi connectivity index (χ0n) is 17.7. The first-order valence-corrected chi connectivity index (χ1v) is 10.8. The Hall–Kier alpha value is -3.03. The second kappa shape index (κ2) is 10.5. The molecule has 0 saturated carbocycles. The van der Waals surface area contributed by atoms with Crippen LogP contribution in [0, 0.1) is 11.6 Å². The van der Waals surface area contributed by atoms with Crippen molar-refractivity contribution in [3.05, 3.63) is 83.6 Å². The maximum atomic E-state index is 13.9. The Bertz CT molecular complexity index is 1030. The van der Waals surface area contributed by atoms with Crippen molar-refractivity contribution in [2.45, 2.75) is 18.9 Å². The number of amides is 1. The molecule has 0 bridgehead atoms. The summed E-state index contributed by atoms with van der Waals surface area (Å²) in [6.45, 7) is 3.19. The van der Waals surface area contributed by atoms with Gasteiger partial charge in [0, 0.05) is 32.5 Å². The molecule has 0 unspecified atom stereocenters. The van der Waals surface area contributed by atoms with E-state index in [2.05, 4.69) is 10.2 Å². The average Bonchev–Trinajstić information content (AvgIpc) is 3.29. The summed E-state index contributed by atoms with van der Waals surface area (Å²) in [5, 5.41) is 2.99. The SMILES string of the molecule is O=C(CCc1ccc(-c2ccccc2F)o1)NC[C@@H](c1ccc(F)cc1)N1CCOCC1. The molecule has 0 aliphatic carbocycles. The van der Waals surface area contributed by atoms with Crippen LogP contribution in [0.3, 0.4) is 0 Å². The van der Waals surface area contributed by atoms with Crippen molar-refractivity contribution in [1.29, 1.82) is 0 Å². The van der Waals surface area contributed by atoms with Crippen molar-refractivity contribution < 1.29 is 22.7 Å². The summed E-state index contributed by atoms with van der Waals surface area (Å²) in [6, 6.07) is 16.2. The van der Waals surface area contributed by atoms with Crippen LogP contribution in [0.1, 0.15) is 23.8 Å². The highest BCUT2D eigenvalue weighted by molar-refractivity contribution is 5.76. The van der Waals surface area contributed by atoms with Crippen molar-refractivity contribution >= 4 is 5.91 Å². The van der Waals surface area contributed by atoms with Crippen molar-refractivity contribution in [3.63, 3.8) is 0 Å². The van der Waals surface area contributed by atoms with Gasteiger partial charge in [0.25, 0.3) is 0 Å². The van der Waals surface area contributed by atoms with Crippen LogP contribution in [0.5, 0.6) is 0 Å². The standard InChI is InChI=1S/C25H26F2N2O3/c26-19-7-5-18(6-8-19)23(29-13-15-31-16-14-29)17-28-25(30)12-10-20-9-11-24(32-20)21-3-1-2-4-22(21)27/h1-9,11,23H,10,12-17H2,(H,28,30)/t23-/m0/s1. The van der Waals surface area contributed by atoms with Crippen LogP contribution < -0.4 is 5.32 Å². The molecule has 0 radical (unpaired) electrons. The van der Waals surface area contributed by atoms with Crippen LogP contribution >= 0.6 is 0 Å². The third-order valence-electron chi connectivity index (χ3n) is 5.63.